The normalized spacial score (nSPS) is 12.0. The van der Waals surface area contributed by atoms with Crippen molar-refractivity contribution in [1.29, 1.82) is 0 Å². The number of hydrogen-bond donors (Lipinski definition) is 1. The molecule has 0 saturated carbocycles. The predicted molar refractivity (Wildman–Crippen MR) is 98.2 cm³/mol. The maximum atomic E-state index is 12.2. The van der Waals surface area contributed by atoms with Crippen LogP contribution < -0.4 is 10.1 Å². The van der Waals surface area contributed by atoms with Gasteiger partial charge in [0.1, 0.15) is 5.75 Å². The van der Waals surface area contributed by atoms with Crippen molar-refractivity contribution >= 4 is 5.91 Å². The van der Waals surface area contributed by atoms with E-state index in [1.54, 1.807) is 7.11 Å². The van der Waals surface area contributed by atoms with Crippen molar-refractivity contribution in [2.45, 2.75) is 39.7 Å². The van der Waals surface area contributed by atoms with Gasteiger partial charge in [0.25, 0.3) is 0 Å². The number of carbonyl (C=O) groups is 1. The SMILES string of the molecule is COc1ccc(CC(=O)N[C@@H](C)c2ccc(CC(C)C)cc2)cc1. The molecule has 1 amide bonds. The third kappa shape index (κ3) is 5.41. The van der Waals surface area contributed by atoms with Crippen LogP contribution in [-0.2, 0) is 17.6 Å². The van der Waals surface area contributed by atoms with Crippen LogP contribution in [-0.4, -0.2) is 13.0 Å². The van der Waals surface area contributed by atoms with Crippen LogP contribution in [0.4, 0.5) is 0 Å². The zero-order valence-corrected chi connectivity index (χ0v) is 15.0. The second-order valence-electron chi connectivity index (χ2n) is 6.65. The summed E-state index contributed by atoms with van der Waals surface area (Å²) in [7, 11) is 1.63. The van der Waals surface area contributed by atoms with Crippen molar-refractivity contribution in [2.75, 3.05) is 7.11 Å². The van der Waals surface area contributed by atoms with Crippen molar-refractivity contribution in [1.82, 2.24) is 5.32 Å². The van der Waals surface area contributed by atoms with Crippen LogP contribution in [0.2, 0.25) is 0 Å². The average Bonchev–Trinajstić information content (AvgIpc) is 2.55. The van der Waals surface area contributed by atoms with E-state index >= 15 is 0 Å². The van der Waals surface area contributed by atoms with Gasteiger partial charge >= 0.3 is 0 Å². The molecule has 0 aliphatic heterocycles. The van der Waals surface area contributed by atoms with Gasteiger partial charge in [-0.25, -0.2) is 0 Å². The van der Waals surface area contributed by atoms with Gasteiger partial charge in [-0.15, -0.1) is 0 Å². The molecule has 0 aliphatic carbocycles. The second-order valence-corrected chi connectivity index (χ2v) is 6.65. The molecule has 3 nitrogen and oxygen atoms in total. The molecule has 0 radical (unpaired) electrons. The summed E-state index contributed by atoms with van der Waals surface area (Å²) < 4.78 is 5.13. The van der Waals surface area contributed by atoms with Crippen LogP contribution in [0.15, 0.2) is 48.5 Å². The van der Waals surface area contributed by atoms with Crippen LogP contribution in [0.5, 0.6) is 5.75 Å². The van der Waals surface area contributed by atoms with Crippen LogP contribution in [0.1, 0.15) is 43.5 Å². The number of rotatable bonds is 7. The number of ether oxygens (including phenoxy) is 1. The van der Waals surface area contributed by atoms with Gasteiger partial charge in [0.05, 0.1) is 19.6 Å². The average molecular weight is 325 g/mol. The monoisotopic (exact) mass is 325 g/mol. The van der Waals surface area contributed by atoms with Gasteiger partial charge in [-0.05, 0) is 48.1 Å². The molecule has 1 N–H and O–H groups in total. The molecule has 0 fully saturated rings. The molecule has 0 bridgehead atoms. The van der Waals surface area contributed by atoms with E-state index in [0.717, 1.165) is 23.3 Å². The molecule has 3 heteroatoms. The number of nitrogens with one attached hydrogen (secondary N) is 1. The number of hydrogen-bond acceptors (Lipinski definition) is 2. The molecule has 0 unspecified atom stereocenters. The molecule has 0 aromatic heterocycles. The summed E-state index contributed by atoms with van der Waals surface area (Å²) in [5.74, 6) is 1.48. The second kappa shape index (κ2) is 8.53. The fourth-order valence-electron chi connectivity index (χ4n) is 2.72. The quantitative estimate of drug-likeness (QED) is 0.823. The Morgan fingerprint density at radius 2 is 1.54 bits per heavy atom. The Morgan fingerprint density at radius 3 is 2.08 bits per heavy atom. The molecular weight excluding hydrogens is 298 g/mol. The van der Waals surface area contributed by atoms with E-state index in [1.807, 2.05) is 31.2 Å². The minimum absolute atomic E-state index is 0.00356. The highest BCUT2D eigenvalue weighted by Gasteiger charge is 2.10. The van der Waals surface area contributed by atoms with Gasteiger partial charge in [0.2, 0.25) is 5.91 Å². The van der Waals surface area contributed by atoms with Crippen molar-refractivity contribution in [3.05, 3.63) is 65.2 Å². The molecule has 24 heavy (non-hydrogen) atoms. The molecule has 1 atom stereocenters. The van der Waals surface area contributed by atoms with E-state index in [2.05, 4.69) is 43.4 Å². The van der Waals surface area contributed by atoms with Gasteiger partial charge in [0.15, 0.2) is 0 Å². The highest BCUT2D eigenvalue weighted by molar-refractivity contribution is 5.79. The summed E-state index contributed by atoms with van der Waals surface area (Å²) in [6, 6.07) is 16.1. The van der Waals surface area contributed by atoms with Crippen LogP contribution in [0.3, 0.4) is 0 Å². The summed E-state index contributed by atoms with van der Waals surface area (Å²) in [6.07, 6.45) is 1.46. The van der Waals surface area contributed by atoms with Crippen molar-refractivity contribution < 1.29 is 9.53 Å². The van der Waals surface area contributed by atoms with Gasteiger partial charge in [-0.3, -0.25) is 4.79 Å². The van der Waals surface area contributed by atoms with Gasteiger partial charge in [-0.1, -0.05) is 50.2 Å². The molecule has 0 saturated heterocycles. The molecule has 2 rings (SSSR count). The highest BCUT2D eigenvalue weighted by atomic mass is 16.5. The van der Waals surface area contributed by atoms with E-state index in [9.17, 15) is 4.79 Å². The molecule has 0 aliphatic rings. The van der Waals surface area contributed by atoms with Crippen LogP contribution in [0.25, 0.3) is 0 Å². The van der Waals surface area contributed by atoms with Crippen LogP contribution >= 0.6 is 0 Å². The maximum Gasteiger partial charge on any atom is 0.224 e. The van der Waals surface area contributed by atoms with E-state index < -0.39 is 0 Å². The topological polar surface area (TPSA) is 38.3 Å². The first kappa shape index (κ1) is 18.1. The first-order valence-electron chi connectivity index (χ1n) is 8.49. The molecule has 2 aromatic carbocycles. The van der Waals surface area contributed by atoms with Crippen molar-refractivity contribution in [3.63, 3.8) is 0 Å². The van der Waals surface area contributed by atoms with Crippen LogP contribution in [0, 0.1) is 5.92 Å². The molecule has 128 valence electrons. The zero-order chi connectivity index (χ0) is 17.5. The van der Waals surface area contributed by atoms with E-state index in [0.29, 0.717) is 12.3 Å². The lowest BCUT2D eigenvalue weighted by Gasteiger charge is -2.15. The Bertz CT molecular complexity index is 645. The Kier molecular flexibility index (Phi) is 6.42. The lowest BCUT2D eigenvalue weighted by atomic mass is 10.00. The summed E-state index contributed by atoms with van der Waals surface area (Å²) >= 11 is 0. The first-order chi connectivity index (χ1) is 11.5. The largest absolute Gasteiger partial charge is 0.497 e. The summed E-state index contributed by atoms with van der Waals surface area (Å²) in [5, 5.41) is 3.06. The maximum absolute atomic E-state index is 12.2. The summed E-state index contributed by atoms with van der Waals surface area (Å²) in [6.45, 7) is 6.45. The Labute approximate surface area is 145 Å². The Hall–Kier alpha value is -2.29. The molecule has 2 aromatic rings. The molecule has 0 spiro atoms. The zero-order valence-electron chi connectivity index (χ0n) is 15.0. The smallest absolute Gasteiger partial charge is 0.224 e. The van der Waals surface area contributed by atoms with Gasteiger partial charge in [0, 0.05) is 0 Å². The Morgan fingerprint density at radius 1 is 0.958 bits per heavy atom. The predicted octanol–water partition coefficient (Wildman–Crippen LogP) is 4.31. The fraction of sp³-hybridized carbons (Fsp3) is 0.381. The molecular formula is C21H27NO2. The standard InChI is InChI=1S/C21H27NO2/c1-15(2)13-17-5-9-19(10-6-17)16(3)22-21(23)14-18-7-11-20(24-4)12-8-18/h5-12,15-16H,13-14H2,1-4H3,(H,22,23)/t16-/m0/s1. The van der Waals surface area contributed by atoms with E-state index in [4.69, 9.17) is 4.74 Å². The number of carbonyl (C=O) groups excluding carboxylic acids is 1. The highest BCUT2D eigenvalue weighted by Crippen LogP contribution is 2.16. The lowest BCUT2D eigenvalue weighted by molar-refractivity contribution is -0.121. The number of amides is 1. The third-order valence-corrected chi connectivity index (χ3v) is 4.02. The van der Waals surface area contributed by atoms with Crippen molar-refractivity contribution in [3.8, 4) is 5.75 Å². The Balaban J connectivity index is 1.90. The van der Waals surface area contributed by atoms with E-state index in [-0.39, 0.29) is 11.9 Å². The van der Waals surface area contributed by atoms with E-state index in [1.165, 1.54) is 5.56 Å². The fourth-order valence-corrected chi connectivity index (χ4v) is 2.72. The summed E-state index contributed by atoms with van der Waals surface area (Å²) in [4.78, 5) is 12.2. The number of benzene rings is 2. The minimum Gasteiger partial charge on any atom is -0.497 e. The van der Waals surface area contributed by atoms with Crippen molar-refractivity contribution in [2.24, 2.45) is 5.92 Å². The lowest BCUT2D eigenvalue weighted by Crippen LogP contribution is -2.28. The number of methoxy groups -OCH3 is 1. The van der Waals surface area contributed by atoms with Gasteiger partial charge < -0.3 is 10.1 Å². The minimum atomic E-state index is 0.00356. The molecule has 0 heterocycles. The van der Waals surface area contributed by atoms with Gasteiger partial charge in [-0.2, -0.15) is 0 Å². The summed E-state index contributed by atoms with van der Waals surface area (Å²) in [5.41, 5.74) is 3.45. The first-order valence-corrected chi connectivity index (χ1v) is 8.49. The third-order valence-electron chi connectivity index (χ3n) is 4.02.